The third-order valence-corrected chi connectivity index (χ3v) is 8.39. The van der Waals surface area contributed by atoms with Crippen LogP contribution < -0.4 is 10.2 Å². The van der Waals surface area contributed by atoms with Crippen molar-refractivity contribution in [3.63, 3.8) is 0 Å². The predicted molar refractivity (Wildman–Crippen MR) is 156 cm³/mol. The van der Waals surface area contributed by atoms with Gasteiger partial charge in [0.2, 0.25) is 0 Å². The van der Waals surface area contributed by atoms with Crippen molar-refractivity contribution in [2.24, 2.45) is 0 Å². The Balaban J connectivity index is 1.53. The summed E-state index contributed by atoms with van der Waals surface area (Å²) in [7, 11) is 3.93. The Hall–Kier alpha value is -3.82. The van der Waals surface area contributed by atoms with Crippen LogP contribution in [0.3, 0.4) is 0 Å². The number of pyridine rings is 1. The molecule has 1 aromatic carbocycles. The molecule has 0 saturated carbocycles. The second-order valence-corrected chi connectivity index (χ2v) is 11.6. The molecule has 2 aromatic heterocycles. The molecule has 4 heterocycles. The van der Waals surface area contributed by atoms with Crippen LogP contribution in [0.15, 0.2) is 30.6 Å². The molecular weight excluding hydrogens is 606 g/mol. The van der Waals surface area contributed by atoms with Crippen LogP contribution in [0.4, 0.5) is 28.9 Å². The lowest BCUT2D eigenvalue weighted by atomic mass is 10.1. The van der Waals surface area contributed by atoms with Crippen LogP contribution >= 0.6 is 11.6 Å². The molecule has 0 bridgehead atoms. The summed E-state index contributed by atoms with van der Waals surface area (Å²) in [6.07, 6.45) is -2.85. The van der Waals surface area contributed by atoms with E-state index in [2.05, 4.69) is 30.4 Å². The molecule has 2 aliphatic heterocycles. The Morgan fingerprint density at radius 1 is 1.00 bits per heavy atom. The average Bonchev–Trinajstić information content (AvgIpc) is 3.46. The minimum absolute atomic E-state index is 0.00684. The van der Waals surface area contributed by atoms with Gasteiger partial charge in [-0.3, -0.25) is 14.5 Å². The molecule has 5 rings (SSSR count). The Kier molecular flexibility index (Phi) is 8.82. The van der Waals surface area contributed by atoms with Crippen molar-refractivity contribution in [1.29, 1.82) is 0 Å². The number of hydrogen-bond acceptors (Lipinski definition) is 8. The lowest BCUT2D eigenvalue weighted by Crippen LogP contribution is -2.55. The van der Waals surface area contributed by atoms with E-state index >= 15 is 4.39 Å². The quantitative estimate of drug-likeness (QED) is 0.334. The molecule has 2 aliphatic rings. The van der Waals surface area contributed by atoms with E-state index < -0.39 is 34.2 Å². The Morgan fingerprint density at radius 3 is 2.30 bits per heavy atom. The number of rotatable bonds is 5. The summed E-state index contributed by atoms with van der Waals surface area (Å²) in [5.74, 6) is -2.20. The number of carbonyl (C=O) groups is 2. The van der Waals surface area contributed by atoms with Crippen LogP contribution in [0.5, 0.6) is 0 Å². The van der Waals surface area contributed by atoms with Crippen molar-refractivity contribution in [1.82, 2.24) is 34.7 Å². The molecule has 44 heavy (non-hydrogen) atoms. The van der Waals surface area contributed by atoms with Crippen molar-refractivity contribution in [2.45, 2.75) is 32.1 Å². The van der Waals surface area contributed by atoms with E-state index in [1.807, 2.05) is 32.8 Å². The van der Waals surface area contributed by atoms with Crippen LogP contribution in [-0.2, 0) is 6.18 Å². The van der Waals surface area contributed by atoms with Crippen molar-refractivity contribution < 1.29 is 27.2 Å². The average molecular weight is 638 g/mol. The standard InChI is InChI=1S/C28H32ClF4N9O2/c1-16-13-41(14-17(2)39(16)4)24-10-20(30)23(42-15-22(36-37-42)27(44)40-7-5-38(3)6-8-40)11-21(24)35-26(43)18-12-34-25(29)9-19(18)28(31,32)33/h9-12,15-17H,5-8,13-14H2,1-4H3,(H,35,43)/t16-,17+. The number of halogens is 5. The second-order valence-electron chi connectivity index (χ2n) is 11.2. The van der Waals surface area contributed by atoms with Gasteiger partial charge in [0, 0.05) is 63.6 Å². The second kappa shape index (κ2) is 12.3. The van der Waals surface area contributed by atoms with Crippen LogP contribution in [0.2, 0.25) is 5.15 Å². The SMILES string of the molecule is C[C@@H]1CN(c2cc(F)c(-n3cc(C(=O)N4CCN(C)CC4)nn3)cc2NC(=O)c2cnc(Cl)cc2C(F)(F)F)C[C@H](C)N1C. The maximum Gasteiger partial charge on any atom is 0.417 e. The van der Waals surface area contributed by atoms with Gasteiger partial charge < -0.3 is 20.0 Å². The highest BCUT2D eigenvalue weighted by Gasteiger charge is 2.37. The highest BCUT2D eigenvalue weighted by atomic mass is 35.5. The lowest BCUT2D eigenvalue weighted by Gasteiger charge is -2.44. The number of likely N-dealkylation sites (N-methyl/N-ethyl adjacent to an activating group) is 2. The molecule has 0 unspecified atom stereocenters. The Morgan fingerprint density at radius 2 is 1.66 bits per heavy atom. The van der Waals surface area contributed by atoms with Crippen molar-refractivity contribution in [2.75, 3.05) is 63.6 Å². The van der Waals surface area contributed by atoms with E-state index in [4.69, 9.17) is 11.6 Å². The van der Waals surface area contributed by atoms with E-state index in [1.165, 1.54) is 18.3 Å². The maximum absolute atomic E-state index is 15.8. The molecule has 0 spiro atoms. The number of anilines is 2. The monoisotopic (exact) mass is 637 g/mol. The minimum atomic E-state index is -4.88. The zero-order chi connectivity index (χ0) is 31.9. The molecule has 2 amide bonds. The summed E-state index contributed by atoms with van der Waals surface area (Å²) < 4.78 is 58.2. The minimum Gasteiger partial charge on any atom is -0.367 e. The first-order chi connectivity index (χ1) is 20.7. The van der Waals surface area contributed by atoms with Crippen molar-refractivity contribution >= 4 is 34.8 Å². The van der Waals surface area contributed by atoms with Gasteiger partial charge in [-0.1, -0.05) is 16.8 Å². The third kappa shape index (κ3) is 6.49. The zero-order valence-electron chi connectivity index (χ0n) is 24.6. The first kappa shape index (κ1) is 31.6. The van der Waals surface area contributed by atoms with E-state index in [9.17, 15) is 22.8 Å². The molecule has 0 radical (unpaired) electrons. The lowest BCUT2D eigenvalue weighted by molar-refractivity contribution is -0.138. The first-order valence-electron chi connectivity index (χ1n) is 14.0. The van der Waals surface area contributed by atoms with Gasteiger partial charge in [-0.25, -0.2) is 14.1 Å². The fraction of sp³-hybridized carbons (Fsp3) is 0.464. The van der Waals surface area contributed by atoms with Crippen LogP contribution in [0.25, 0.3) is 5.69 Å². The first-order valence-corrected chi connectivity index (χ1v) is 14.4. The zero-order valence-corrected chi connectivity index (χ0v) is 25.3. The number of nitrogens with one attached hydrogen (secondary N) is 1. The summed E-state index contributed by atoms with van der Waals surface area (Å²) in [6, 6.07) is 3.16. The number of amides is 2. The molecule has 2 saturated heterocycles. The Bertz CT molecular complexity index is 1550. The van der Waals surface area contributed by atoms with Crippen LogP contribution in [0.1, 0.15) is 40.3 Å². The van der Waals surface area contributed by atoms with Gasteiger partial charge in [-0.2, -0.15) is 13.2 Å². The fourth-order valence-electron chi connectivity index (χ4n) is 5.38. The van der Waals surface area contributed by atoms with Crippen LogP contribution in [-0.4, -0.2) is 112 Å². The van der Waals surface area contributed by atoms with Gasteiger partial charge in [0.25, 0.3) is 11.8 Å². The predicted octanol–water partition coefficient (Wildman–Crippen LogP) is 3.64. The van der Waals surface area contributed by atoms with Gasteiger partial charge in [0.1, 0.15) is 10.8 Å². The Labute approximate surface area is 256 Å². The van der Waals surface area contributed by atoms with Gasteiger partial charge in [0.05, 0.1) is 28.7 Å². The topological polar surface area (TPSA) is 103 Å². The molecule has 2 atom stereocenters. The van der Waals surface area contributed by atoms with Gasteiger partial charge >= 0.3 is 6.18 Å². The molecule has 16 heteroatoms. The van der Waals surface area contributed by atoms with Crippen molar-refractivity contribution in [3.05, 3.63) is 58.4 Å². The molecule has 0 aliphatic carbocycles. The van der Waals surface area contributed by atoms with E-state index in [1.54, 1.807) is 4.90 Å². The number of hydrogen-bond donors (Lipinski definition) is 1. The number of benzene rings is 1. The molecule has 2 fully saturated rings. The maximum atomic E-state index is 15.8. The highest BCUT2D eigenvalue weighted by Crippen LogP contribution is 2.36. The van der Waals surface area contributed by atoms with E-state index in [-0.39, 0.29) is 40.7 Å². The number of aromatic nitrogens is 4. The number of piperazine rings is 2. The smallest absolute Gasteiger partial charge is 0.367 e. The van der Waals surface area contributed by atoms with Gasteiger partial charge in [-0.05, 0) is 40.1 Å². The fourth-order valence-corrected chi connectivity index (χ4v) is 5.53. The molecule has 236 valence electrons. The summed E-state index contributed by atoms with van der Waals surface area (Å²) in [5, 5.41) is 10.0. The van der Waals surface area contributed by atoms with Crippen molar-refractivity contribution in [3.8, 4) is 5.69 Å². The van der Waals surface area contributed by atoms with E-state index in [0.29, 0.717) is 45.3 Å². The summed E-state index contributed by atoms with van der Waals surface area (Å²) in [4.78, 5) is 37.8. The molecule has 11 nitrogen and oxygen atoms in total. The van der Waals surface area contributed by atoms with E-state index in [0.717, 1.165) is 10.9 Å². The third-order valence-electron chi connectivity index (χ3n) is 8.18. The summed E-state index contributed by atoms with van der Waals surface area (Å²) >= 11 is 5.70. The van der Waals surface area contributed by atoms with Crippen LogP contribution in [0, 0.1) is 5.82 Å². The number of carbonyl (C=O) groups excluding carboxylic acids is 2. The largest absolute Gasteiger partial charge is 0.417 e. The molecule has 1 N–H and O–H groups in total. The molecule has 3 aromatic rings. The number of alkyl halides is 3. The normalized spacial score (nSPS) is 20.2. The molecular formula is C28H32ClF4N9O2. The van der Waals surface area contributed by atoms with Gasteiger partial charge in [0.15, 0.2) is 11.5 Å². The summed E-state index contributed by atoms with van der Waals surface area (Å²) in [6.45, 7) is 7.32. The number of nitrogens with zero attached hydrogens (tertiary/aromatic N) is 8. The highest BCUT2D eigenvalue weighted by molar-refractivity contribution is 6.29. The van der Waals surface area contributed by atoms with Gasteiger partial charge in [-0.15, -0.1) is 5.10 Å². The summed E-state index contributed by atoms with van der Waals surface area (Å²) in [5.41, 5.74) is -1.85.